The smallest absolute Gasteiger partial charge is 0.358 e. The lowest BCUT2D eigenvalue weighted by molar-refractivity contribution is -0.171. The molecular formula is C26H36N3O10P. The van der Waals surface area contributed by atoms with Crippen LogP contribution in [0.5, 0.6) is 0 Å². The van der Waals surface area contributed by atoms with Crippen molar-refractivity contribution in [2.75, 3.05) is 26.6 Å². The third kappa shape index (κ3) is 7.93. The topological polar surface area (TPSA) is 157 Å². The van der Waals surface area contributed by atoms with Crippen LogP contribution in [0.15, 0.2) is 59.2 Å². The molecule has 220 valence electrons. The van der Waals surface area contributed by atoms with Crippen LogP contribution in [0.2, 0.25) is 0 Å². The minimum absolute atomic E-state index is 0.0274. The van der Waals surface area contributed by atoms with Crippen molar-refractivity contribution in [2.45, 2.75) is 63.8 Å². The van der Waals surface area contributed by atoms with Crippen molar-refractivity contribution in [2.24, 2.45) is 0 Å². The number of anilines is 1. The fourth-order valence-corrected chi connectivity index (χ4v) is 5.28. The molecule has 0 bridgehead atoms. The zero-order valence-electron chi connectivity index (χ0n) is 25.3. The van der Waals surface area contributed by atoms with Gasteiger partial charge in [0.1, 0.15) is 24.1 Å². The van der Waals surface area contributed by atoms with E-state index < -0.39 is 67.2 Å². The minimum atomic E-state index is -4.64. The molecule has 1 aliphatic heterocycles. The van der Waals surface area contributed by atoms with Crippen LogP contribution in [0.1, 0.15) is 47.0 Å². The van der Waals surface area contributed by atoms with Crippen LogP contribution in [0.25, 0.3) is 0 Å². The fourth-order valence-electron chi connectivity index (χ4n) is 3.56. The van der Waals surface area contributed by atoms with Gasteiger partial charge in [-0.15, -0.1) is 0 Å². The van der Waals surface area contributed by atoms with Gasteiger partial charge >= 0.3 is 13.3 Å². The second-order valence-corrected chi connectivity index (χ2v) is 11.2. The molecule has 2 N–H and O–H groups in total. The molecule has 13 nitrogen and oxygen atoms in total. The second-order valence-electron chi connectivity index (χ2n) is 9.61. The Kier molecular flexibility index (Phi) is 9.24. The maximum atomic E-state index is 13.9. The summed E-state index contributed by atoms with van der Waals surface area (Å²) in [4.78, 5) is 29.3. The summed E-state index contributed by atoms with van der Waals surface area (Å²) >= 11 is 0. The Balaban J connectivity index is 1.94. The Morgan fingerprint density at radius 1 is 1.12 bits per heavy atom. The molecule has 40 heavy (non-hydrogen) atoms. The van der Waals surface area contributed by atoms with E-state index >= 15 is 0 Å². The van der Waals surface area contributed by atoms with Gasteiger partial charge in [-0.05, 0) is 51.9 Å². The molecular weight excluding hydrogens is 545 g/mol. The first-order chi connectivity index (χ1) is 19.6. The Morgan fingerprint density at radius 2 is 1.73 bits per heavy atom. The van der Waals surface area contributed by atoms with Gasteiger partial charge in [-0.3, -0.25) is 23.0 Å². The molecule has 1 aliphatic rings. The molecule has 2 heterocycles. The minimum Gasteiger partial charge on any atom is -0.387 e. The highest BCUT2D eigenvalue weighted by atomic mass is 31.2. The molecule has 0 spiro atoms. The van der Waals surface area contributed by atoms with E-state index in [4.69, 9.17) is 30.7 Å². The highest BCUT2D eigenvalue weighted by molar-refractivity contribution is 7.57. The number of benzene rings is 1. The molecule has 14 heteroatoms. The fraction of sp³-hybridized carbons (Fsp3) is 0.500. The number of carbonyl (C=O) groups excluding carboxylic acids is 1. The largest absolute Gasteiger partial charge is 0.387 e. The molecule has 1 fully saturated rings. The number of hydrogen-bond donors (Lipinski definition) is 2. The van der Waals surface area contributed by atoms with Crippen LogP contribution in [-0.4, -0.2) is 71.8 Å². The predicted octanol–water partition coefficient (Wildman–Crippen LogP) is 3.27. The van der Waals surface area contributed by atoms with Crippen LogP contribution in [0, 0.1) is 0 Å². The summed E-state index contributed by atoms with van der Waals surface area (Å²) in [6.45, 7) is 5.73. The summed E-state index contributed by atoms with van der Waals surface area (Å²) < 4.78 is 64.8. The predicted molar refractivity (Wildman–Crippen MR) is 145 cm³/mol. The molecule has 0 radical (unpaired) electrons. The maximum Gasteiger partial charge on any atom is 0.358 e. The van der Waals surface area contributed by atoms with Gasteiger partial charge in [-0.1, -0.05) is 18.2 Å². The number of amides is 1. The van der Waals surface area contributed by atoms with Crippen molar-refractivity contribution in [3.63, 3.8) is 0 Å². The molecule has 0 saturated carbocycles. The van der Waals surface area contributed by atoms with E-state index in [2.05, 4.69) is 10.3 Å². The van der Waals surface area contributed by atoms with Crippen LogP contribution in [0.3, 0.4) is 0 Å². The Morgan fingerprint density at radius 3 is 2.25 bits per heavy atom. The van der Waals surface area contributed by atoms with Gasteiger partial charge in [0.05, 0.1) is 2.74 Å². The lowest BCUT2D eigenvalue weighted by Gasteiger charge is -2.32. The Bertz CT molecular complexity index is 1380. The highest BCUT2D eigenvalue weighted by Crippen LogP contribution is 2.56. The van der Waals surface area contributed by atoms with E-state index in [0.29, 0.717) is 5.56 Å². The standard InChI is InChI=1S/C26H36N3O10P/c1-25(2,35-6)38-40(33,39-26(3,4)36-7)16-14-18-20(30)21(34-5)23(37-18)29-15-13-19(28-24(29)32)27-22(31)17-11-9-8-10-12-17/h8-16,18,20-21,23,30H,1-7H3,(H,27,28,31,32)/b16-14+/t18-,20-,21-,23-/m1/s1/i14D,16D. The number of aliphatic hydroxyl groups excluding tert-OH is 1. The van der Waals surface area contributed by atoms with E-state index in [9.17, 15) is 19.3 Å². The first kappa shape index (κ1) is 28.8. The number of rotatable bonds is 12. The first-order valence-corrected chi connectivity index (χ1v) is 13.7. The summed E-state index contributed by atoms with van der Waals surface area (Å²) in [5.74, 6) is -4.44. The van der Waals surface area contributed by atoms with Gasteiger partial charge < -0.3 is 29.4 Å². The average Bonchev–Trinajstić information content (AvgIpc) is 3.27. The number of ether oxygens (including phenoxy) is 4. The summed E-state index contributed by atoms with van der Waals surface area (Å²) in [5.41, 5.74) is -0.495. The highest BCUT2D eigenvalue weighted by Gasteiger charge is 2.45. The van der Waals surface area contributed by atoms with Gasteiger partial charge in [0.25, 0.3) is 5.91 Å². The zero-order valence-corrected chi connectivity index (χ0v) is 24.2. The summed E-state index contributed by atoms with van der Waals surface area (Å²) in [6, 6.07) is 8.93. The number of nitrogens with one attached hydrogen (secondary N) is 1. The van der Waals surface area contributed by atoms with Crippen molar-refractivity contribution in [3.05, 3.63) is 70.5 Å². The van der Waals surface area contributed by atoms with Gasteiger partial charge in [0.15, 0.2) is 17.8 Å². The Labute approximate surface area is 235 Å². The van der Waals surface area contributed by atoms with E-state index in [1.807, 2.05) is 0 Å². The first-order valence-electron chi connectivity index (χ1n) is 13.2. The quantitative estimate of drug-likeness (QED) is 0.279. The van der Waals surface area contributed by atoms with Crippen LogP contribution >= 0.6 is 7.60 Å². The second kappa shape index (κ2) is 12.8. The van der Waals surface area contributed by atoms with Crippen molar-refractivity contribution in [1.29, 1.82) is 0 Å². The molecule has 0 unspecified atom stereocenters. The van der Waals surface area contributed by atoms with Crippen molar-refractivity contribution in [3.8, 4) is 0 Å². The van der Waals surface area contributed by atoms with Gasteiger partial charge in [-0.25, -0.2) is 4.79 Å². The number of carbonyl (C=O) groups is 1. The molecule has 4 atom stereocenters. The Hall–Kier alpha value is -2.74. The molecule has 3 rings (SSSR count). The van der Waals surface area contributed by atoms with Gasteiger partial charge in [0.2, 0.25) is 0 Å². The van der Waals surface area contributed by atoms with Crippen LogP contribution in [0.4, 0.5) is 5.82 Å². The van der Waals surface area contributed by atoms with Gasteiger partial charge in [0, 0.05) is 38.9 Å². The lowest BCUT2D eigenvalue weighted by atomic mass is 10.1. The maximum absolute atomic E-state index is 13.9. The van der Waals surface area contributed by atoms with E-state index in [1.165, 1.54) is 61.3 Å². The molecule has 1 amide bonds. The summed E-state index contributed by atoms with van der Waals surface area (Å²) in [6.07, 6.45) is -4.42. The number of nitrogens with zero attached hydrogens (tertiary/aromatic N) is 2. The van der Waals surface area contributed by atoms with Crippen molar-refractivity contribution in [1.82, 2.24) is 9.55 Å². The molecule has 0 aliphatic carbocycles. The third-order valence-electron chi connectivity index (χ3n) is 5.87. The SMILES string of the molecule is [2H]/C(=C(/[2H])P(=O)(OC(C)(C)OC)OC(C)(C)OC)[C@H]1O[C@@H](n2ccc(NC(=O)c3ccccc3)nc2=O)[C@H](OC)[C@@H]1O. The summed E-state index contributed by atoms with van der Waals surface area (Å²) in [5, 5.41) is 13.5. The normalized spacial score (nSPS) is 23.3. The molecule has 1 aromatic carbocycles. The van der Waals surface area contributed by atoms with Gasteiger partial charge in [-0.2, -0.15) is 4.98 Å². The number of methoxy groups -OCH3 is 3. The molecule has 1 aromatic heterocycles. The summed E-state index contributed by atoms with van der Waals surface area (Å²) in [7, 11) is -0.795. The molecule has 2 aromatic rings. The monoisotopic (exact) mass is 583 g/mol. The van der Waals surface area contributed by atoms with E-state index in [1.54, 1.807) is 30.3 Å². The number of aliphatic hydroxyl groups is 1. The zero-order chi connectivity index (χ0) is 31.5. The van der Waals surface area contributed by atoms with Crippen LogP contribution < -0.4 is 11.0 Å². The van der Waals surface area contributed by atoms with E-state index in [0.717, 1.165) is 4.57 Å². The number of aromatic nitrogens is 2. The van der Waals surface area contributed by atoms with E-state index in [-0.39, 0.29) is 5.82 Å². The van der Waals surface area contributed by atoms with Crippen molar-refractivity contribution >= 4 is 19.3 Å². The third-order valence-corrected chi connectivity index (χ3v) is 7.64. The van der Waals surface area contributed by atoms with Crippen molar-refractivity contribution < 1.29 is 45.2 Å². The lowest BCUT2D eigenvalue weighted by Crippen LogP contribution is -2.37. The average molecular weight is 584 g/mol. The number of hydrogen-bond acceptors (Lipinski definition) is 11. The van der Waals surface area contributed by atoms with Crippen LogP contribution in [-0.2, 0) is 32.6 Å². The molecule has 1 saturated heterocycles.